The van der Waals surface area contributed by atoms with Crippen LogP contribution in [0, 0.1) is 0 Å². The number of para-hydroxylation sites is 1. The second-order valence-electron chi connectivity index (χ2n) is 5.05. The molecule has 0 radical (unpaired) electrons. The van der Waals surface area contributed by atoms with Gasteiger partial charge in [-0.1, -0.05) is 24.3 Å². The Morgan fingerprint density at radius 1 is 1.08 bits per heavy atom. The van der Waals surface area contributed by atoms with Crippen molar-refractivity contribution in [2.45, 2.75) is 6.61 Å². The van der Waals surface area contributed by atoms with Crippen LogP contribution in [0.25, 0.3) is 0 Å². The first-order valence-corrected chi connectivity index (χ1v) is 7.39. The van der Waals surface area contributed by atoms with Crippen LogP contribution < -0.4 is 11.1 Å². The molecule has 0 spiro atoms. The molecule has 0 bridgehead atoms. The molecule has 1 aromatic heterocycles. The van der Waals surface area contributed by atoms with Crippen molar-refractivity contribution in [1.82, 2.24) is 15.0 Å². The smallest absolute Gasteiger partial charge is 0.338 e. The largest absolute Gasteiger partial charge is 0.508 e. The van der Waals surface area contributed by atoms with Gasteiger partial charge in [0.05, 0.1) is 5.56 Å². The summed E-state index contributed by atoms with van der Waals surface area (Å²) in [6, 6.07) is 15.2. The number of aromatic hydroxyl groups is 1. The highest BCUT2D eigenvalue weighted by Gasteiger charge is 2.11. The summed E-state index contributed by atoms with van der Waals surface area (Å²) in [4.78, 5) is 24.1. The molecule has 25 heavy (non-hydrogen) atoms. The molecule has 1 heterocycles. The molecule has 3 aromatic rings. The number of nitrogens with zero attached hydrogens (tertiary/aromatic N) is 3. The average molecular weight is 337 g/mol. The highest BCUT2D eigenvalue weighted by atomic mass is 16.5. The van der Waals surface area contributed by atoms with Crippen molar-refractivity contribution < 1.29 is 14.6 Å². The summed E-state index contributed by atoms with van der Waals surface area (Å²) in [6.07, 6.45) is 0. The average Bonchev–Trinajstić information content (AvgIpc) is 2.60. The van der Waals surface area contributed by atoms with Gasteiger partial charge in [-0.05, 0) is 30.3 Å². The minimum absolute atomic E-state index is 0.0110. The van der Waals surface area contributed by atoms with Crippen molar-refractivity contribution >= 4 is 23.6 Å². The van der Waals surface area contributed by atoms with E-state index < -0.39 is 5.97 Å². The number of carbonyl (C=O) groups excluding carboxylic acids is 1. The standard InChI is InChI=1S/C17H15N5O3/c18-16-20-14(10-25-15(24)11-5-4-8-13(23)9-11)21-17(22-16)19-12-6-2-1-3-7-12/h1-9,23H,10H2,(H3,18,19,20,21,22). The molecule has 0 aliphatic rings. The Hall–Kier alpha value is -3.68. The van der Waals surface area contributed by atoms with Gasteiger partial charge < -0.3 is 20.9 Å². The number of hydrogen-bond donors (Lipinski definition) is 3. The van der Waals surface area contributed by atoms with Crippen LogP contribution in [-0.2, 0) is 11.3 Å². The third-order valence-electron chi connectivity index (χ3n) is 3.14. The first-order chi connectivity index (χ1) is 12.1. The molecular weight excluding hydrogens is 322 g/mol. The van der Waals surface area contributed by atoms with E-state index in [4.69, 9.17) is 10.5 Å². The predicted octanol–water partition coefficient (Wildman–Crippen LogP) is 2.26. The molecule has 0 aliphatic heterocycles. The van der Waals surface area contributed by atoms with E-state index in [1.807, 2.05) is 30.3 Å². The summed E-state index contributed by atoms with van der Waals surface area (Å²) in [7, 11) is 0. The molecule has 0 saturated carbocycles. The third kappa shape index (κ3) is 4.41. The van der Waals surface area contributed by atoms with E-state index in [1.54, 1.807) is 6.07 Å². The van der Waals surface area contributed by atoms with Crippen LogP contribution in [0.4, 0.5) is 17.6 Å². The number of aromatic nitrogens is 3. The van der Waals surface area contributed by atoms with Crippen molar-refractivity contribution in [2.75, 3.05) is 11.1 Å². The number of anilines is 3. The maximum atomic E-state index is 12.0. The lowest BCUT2D eigenvalue weighted by Gasteiger charge is -2.08. The van der Waals surface area contributed by atoms with Gasteiger partial charge in [-0.3, -0.25) is 0 Å². The lowest BCUT2D eigenvalue weighted by molar-refractivity contribution is 0.0461. The second kappa shape index (κ2) is 7.26. The number of rotatable bonds is 5. The first-order valence-electron chi connectivity index (χ1n) is 7.39. The van der Waals surface area contributed by atoms with Crippen molar-refractivity contribution in [3.63, 3.8) is 0 Å². The number of nitrogens with two attached hydrogens (primary N) is 1. The Bertz CT molecular complexity index is 886. The number of phenolic OH excluding ortho intramolecular Hbond substituents is 1. The van der Waals surface area contributed by atoms with Crippen LogP contribution in [0.5, 0.6) is 5.75 Å². The zero-order valence-electron chi connectivity index (χ0n) is 13.1. The quantitative estimate of drug-likeness (QED) is 0.606. The van der Waals surface area contributed by atoms with Gasteiger partial charge in [-0.15, -0.1) is 0 Å². The maximum absolute atomic E-state index is 12.0. The van der Waals surface area contributed by atoms with Gasteiger partial charge in [0, 0.05) is 5.69 Å². The minimum Gasteiger partial charge on any atom is -0.508 e. The van der Waals surface area contributed by atoms with Crippen LogP contribution in [0.3, 0.4) is 0 Å². The number of hydrogen-bond acceptors (Lipinski definition) is 8. The Balaban J connectivity index is 1.69. The molecule has 0 unspecified atom stereocenters. The van der Waals surface area contributed by atoms with E-state index in [1.165, 1.54) is 18.2 Å². The van der Waals surface area contributed by atoms with Crippen molar-refractivity contribution in [3.05, 3.63) is 66.0 Å². The molecule has 0 fully saturated rings. The SMILES string of the molecule is Nc1nc(COC(=O)c2cccc(O)c2)nc(Nc2ccccc2)n1. The molecule has 8 heteroatoms. The van der Waals surface area contributed by atoms with E-state index in [0.29, 0.717) is 0 Å². The number of esters is 1. The molecule has 0 saturated heterocycles. The van der Waals surface area contributed by atoms with Gasteiger partial charge >= 0.3 is 5.97 Å². The fourth-order valence-electron chi connectivity index (χ4n) is 2.06. The number of benzene rings is 2. The maximum Gasteiger partial charge on any atom is 0.338 e. The Kier molecular flexibility index (Phi) is 4.70. The van der Waals surface area contributed by atoms with Crippen molar-refractivity contribution in [2.24, 2.45) is 0 Å². The molecule has 0 amide bonds. The van der Waals surface area contributed by atoms with Gasteiger partial charge in [0.25, 0.3) is 0 Å². The summed E-state index contributed by atoms with van der Waals surface area (Å²) in [6.45, 7) is -0.176. The zero-order chi connectivity index (χ0) is 17.6. The Morgan fingerprint density at radius 3 is 2.64 bits per heavy atom. The fraction of sp³-hybridized carbons (Fsp3) is 0.0588. The van der Waals surface area contributed by atoms with Gasteiger partial charge in [0.1, 0.15) is 5.75 Å². The van der Waals surface area contributed by atoms with E-state index >= 15 is 0 Å². The number of ether oxygens (including phenoxy) is 1. The zero-order valence-corrected chi connectivity index (χ0v) is 13.1. The summed E-state index contributed by atoms with van der Waals surface area (Å²) in [5, 5.41) is 12.4. The fourth-order valence-corrected chi connectivity index (χ4v) is 2.06. The number of phenols is 1. The normalized spacial score (nSPS) is 10.2. The van der Waals surface area contributed by atoms with Crippen LogP contribution in [0.1, 0.15) is 16.2 Å². The summed E-state index contributed by atoms with van der Waals surface area (Å²) in [5.41, 5.74) is 6.69. The monoisotopic (exact) mass is 337 g/mol. The molecule has 8 nitrogen and oxygen atoms in total. The highest BCUT2D eigenvalue weighted by Crippen LogP contribution is 2.14. The van der Waals surface area contributed by atoms with E-state index in [9.17, 15) is 9.90 Å². The lowest BCUT2D eigenvalue weighted by atomic mass is 10.2. The number of carbonyl (C=O) groups is 1. The molecule has 2 aromatic carbocycles. The van der Waals surface area contributed by atoms with Crippen molar-refractivity contribution in [3.8, 4) is 5.75 Å². The van der Waals surface area contributed by atoms with Gasteiger partial charge in [-0.25, -0.2) is 4.79 Å². The molecular formula is C17H15N5O3. The second-order valence-corrected chi connectivity index (χ2v) is 5.05. The Morgan fingerprint density at radius 2 is 1.88 bits per heavy atom. The van der Waals surface area contributed by atoms with Gasteiger partial charge in [0.2, 0.25) is 11.9 Å². The van der Waals surface area contributed by atoms with E-state index in [2.05, 4.69) is 20.3 Å². The van der Waals surface area contributed by atoms with E-state index in [0.717, 1.165) is 5.69 Å². The molecule has 4 N–H and O–H groups in total. The molecule has 126 valence electrons. The topological polar surface area (TPSA) is 123 Å². The minimum atomic E-state index is -0.604. The Labute approximate surface area is 143 Å². The van der Waals surface area contributed by atoms with Crippen LogP contribution in [-0.4, -0.2) is 26.0 Å². The van der Waals surface area contributed by atoms with Crippen LogP contribution in [0.15, 0.2) is 54.6 Å². The highest BCUT2D eigenvalue weighted by molar-refractivity contribution is 5.89. The molecule has 0 atom stereocenters. The summed E-state index contributed by atoms with van der Waals surface area (Å²) >= 11 is 0. The number of nitrogen functional groups attached to an aromatic ring is 1. The van der Waals surface area contributed by atoms with Gasteiger partial charge in [-0.2, -0.15) is 15.0 Å². The van der Waals surface area contributed by atoms with Crippen LogP contribution >= 0.6 is 0 Å². The van der Waals surface area contributed by atoms with Crippen LogP contribution in [0.2, 0.25) is 0 Å². The summed E-state index contributed by atoms with van der Waals surface area (Å²) < 4.78 is 5.14. The first kappa shape index (κ1) is 16.2. The molecule has 0 aliphatic carbocycles. The van der Waals surface area contributed by atoms with E-state index in [-0.39, 0.29) is 35.6 Å². The summed E-state index contributed by atoms with van der Waals surface area (Å²) in [5.74, 6) is -0.154. The number of nitrogens with one attached hydrogen (secondary N) is 1. The van der Waals surface area contributed by atoms with Gasteiger partial charge in [0.15, 0.2) is 12.4 Å². The van der Waals surface area contributed by atoms with Crippen molar-refractivity contribution in [1.29, 1.82) is 0 Å². The third-order valence-corrected chi connectivity index (χ3v) is 3.14. The lowest BCUT2D eigenvalue weighted by Crippen LogP contribution is -2.11. The predicted molar refractivity (Wildman–Crippen MR) is 91.2 cm³/mol. The molecule has 3 rings (SSSR count).